The Balaban J connectivity index is 2.75. The van der Waals surface area contributed by atoms with Crippen LogP contribution in [0, 0.1) is 5.82 Å². The van der Waals surface area contributed by atoms with E-state index in [2.05, 4.69) is 5.32 Å². The summed E-state index contributed by atoms with van der Waals surface area (Å²) in [5.41, 5.74) is 0.561. The van der Waals surface area contributed by atoms with Gasteiger partial charge < -0.3 is 10.2 Å². The Bertz CT molecular complexity index is 421. The molecule has 1 aromatic rings. The lowest BCUT2D eigenvalue weighted by Crippen LogP contribution is -2.41. The lowest BCUT2D eigenvalue weighted by molar-refractivity contribution is -0.131. The van der Waals surface area contributed by atoms with Crippen LogP contribution in [0.15, 0.2) is 18.2 Å². The zero-order chi connectivity index (χ0) is 13.7. The highest BCUT2D eigenvalue weighted by atomic mass is 35.5. The van der Waals surface area contributed by atoms with Crippen molar-refractivity contribution in [2.24, 2.45) is 0 Å². The van der Waals surface area contributed by atoms with Crippen LogP contribution < -0.4 is 5.32 Å². The molecule has 0 radical (unpaired) electrons. The Morgan fingerprint density at radius 1 is 1.44 bits per heavy atom. The Morgan fingerprint density at radius 3 is 2.56 bits per heavy atom. The Kier molecular flexibility index (Phi) is 5.41. The maximum Gasteiger partial charge on any atom is 0.244 e. The van der Waals surface area contributed by atoms with Gasteiger partial charge in [0.2, 0.25) is 5.91 Å². The number of amides is 1. The molecule has 1 rings (SSSR count). The van der Waals surface area contributed by atoms with E-state index in [1.54, 1.807) is 11.8 Å². The van der Waals surface area contributed by atoms with Gasteiger partial charge in [-0.15, -0.1) is 0 Å². The van der Waals surface area contributed by atoms with Crippen molar-refractivity contribution in [3.05, 3.63) is 29.0 Å². The number of hydrogen-bond donors (Lipinski definition) is 1. The standard InChI is InChI=1S/C13H18ClFN2O/c1-4-17(5-2)13(18)9(3)16-12-7-6-10(15)8-11(12)14/h6-9,16H,4-5H2,1-3H3. The van der Waals surface area contributed by atoms with E-state index >= 15 is 0 Å². The number of rotatable bonds is 5. The first kappa shape index (κ1) is 14.8. The zero-order valence-electron chi connectivity index (χ0n) is 10.8. The molecular formula is C13H18ClFN2O. The van der Waals surface area contributed by atoms with Crippen LogP contribution in [-0.4, -0.2) is 29.9 Å². The minimum Gasteiger partial charge on any atom is -0.373 e. The third kappa shape index (κ3) is 3.60. The quantitative estimate of drug-likeness (QED) is 0.893. The Labute approximate surface area is 112 Å². The van der Waals surface area contributed by atoms with Gasteiger partial charge >= 0.3 is 0 Å². The maximum absolute atomic E-state index is 12.9. The minimum absolute atomic E-state index is 0.000363. The van der Waals surface area contributed by atoms with Crippen molar-refractivity contribution < 1.29 is 9.18 Å². The van der Waals surface area contributed by atoms with Gasteiger partial charge in [0.25, 0.3) is 0 Å². The minimum atomic E-state index is -0.395. The second-order valence-electron chi connectivity index (χ2n) is 4.00. The molecule has 0 aromatic heterocycles. The summed E-state index contributed by atoms with van der Waals surface area (Å²) in [6.45, 7) is 6.95. The summed E-state index contributed by atoms with van der Waals surface area (Å²) in [7, 11) is 0. The third-order valence-corrected chi connectivity index (χ3v) is 3.06. The van der Waals surface area contributed by atoms with E-state index in [9.17, 15) is 9.18 Å². The number of nitrogens with zero attached hydrogens (tertiary/aromatic N) is 1. The molecule has 100 valence electrons. The molecule has 1 atom stereocenters. The largest absolute Gasteiger partial charge is 0.373 e. The molecule has 0 heterocycles. The Hall–Kier alpha value is -1.29. The predicted octanol–water partition coefficient (Wildman–Crippen LogP) is 3.15. The summed E-state index contributed by atoms with van der Waals surface area (Å²) < 4.78 is 12.9. The zero-order valence-corrected chi connectivity index (χ0v) is 11.6. The molecule has 0 fully saturated rings. The van der Waals surface area contributed by atoms with Crippen molar-refractivity contribution in [3.63, 3.8) is 0 Å². The van der Waals surface area contributed by atoms with Crippen LogP contribution in [0.25, 0.3) is 0 Å². The highest BCUT2D eigenvalue weighted by Crippen LogP contribution is 2.23. The summed E-state index contributed by atoms with van der Waals surface area (Å²) in [6.07, 6.45) is 0. The van der Waals surface area contributed by atoms with Crippen molar-refractivity contribution >= 4 is 23.2 Å². The van der Waals surface area contributed by atoms with Crippen molar-refractivity contribution in [3.8, 4) is 0 Å². The van der Waals surface area contributed by atoms with Crippen LogP contribution in [0.3, 0.4) is 0 Å². The molecule has 0 aliphatic rings. The molecule has 1 N–H and O–H groups in total. The van der Waals surface area contributed by atoms with Crippen LogP contribution in [0.4, 0.5) is 10.1 Å². The van der Waals surface area contributed by atoms with E-state index in [-0.39, 0.29) is 10.9 Å². The second kappa shape index (κ2) is 6.59. The number of nitrogens with one attached hydrogen (secondary N) is 1. The summed E-state index contributed by atoms with van der Waals surface area (Å²) in [5, 5.41) is 3.27. The molecule has 3 nitrogen and oxygen atoms in total. The van der Waals surface area contributed by atoms with Crippen molar-refractivity contribution in [2.45, 2.75) is 26.8 Å². The predicted molar refractivity (Wildman–Crippen MR) is 72.4 cm³/mol. The average Bonchev–Trinajstić information content (AvgIpc) is 2.34. The normalized spacial score (nSPS) is 12.1. The SMILES string of the molecule is CCN(CC)C(=O)C(C)Nc1ccc(F)cc1Cl. The first-order chi connectivity index (χ1) is 8.49. The summed E-state index contributed by atoms with van der Waals surface area (Å²) >= 11 is 5.90. The first-order valence-corrected chi connectivity index (χ1v) is 6.37. The fraction of sp³-hybridized carbons (Fsp3) is 0.462. The monoisotopic (exact) mass is 272 g/mol. The molecule has 5 heteroatoms. The molecule has 18 heavy (non-hydrogen) atoms. The van der Waals surface area contributed by atoms with E-state index < -0.39 is 11.9 Å². The van der Waals surface area contributed by atoms with Crippen LogP contribution in [0.5, 0.6) is 0 Å². The van der Waals surface area contributed by atoms with E-state index in [0.717, 1.165) is 0 Å². The van der Waals surface area contributed by atoms with E-state index in [0.29, 0.717) is 18.8 Å². The highest BCUT2D eigenvalue weighted by molar-refractivity contribution is 6.33. The molecule has 0 saturated heterocycles. The van der Waals surface area contributed by atoms with Gasteiger partial charge in [0, 0.05) is 13.1 Å². The molecule has 0 aliphatic carbocycles. The molecule has 0 aliphatic heterocycles. The smallest absolute Gasteiger partial charge is 0.244 e. The molecule has 0 bridgehead atoms. The van der Waals surface area contributed by atoms with Gasteiger partial charge in [-0.2, -0.15) is 0 Å². The third-order valence-electron chi connectivity index (χ3n) is 2.75. The van der Waals surface area contributed by atoms with Crippen molar-refractivity contribution in [1.29, 1.82) is 0 Å². The summed E-state index contributed by atoms with van der Waals surface area (Å²) in [4.78, 5) is 13.8. The van der Waals surface area contributed by atoms with Crippen LogP contribution in [-0.2, 0) is 4.79 Å². The molecule has 1 unspecified atom stereocenters. The van der Waals surface area contributed by atoms with Crippen LogP contribution in [0.1, 0.15) is 20.8 Å². The van der Waals surface area contributed by atoms with Gasteiger partial charge in [-0.1, -0.05) is 11.6 Å². The number of halogens is 2. The number of anilines is 1. The average molecular weight is 273 g/mol. The lowest BCUT2D eigenvalue weighted by Gasteiger charge is -2.24. The topological polar surface area (TPSA) is 32.3 Å². The van der Waals surface area contributed by atoms with Gasteiger partial charge in [0.15, 0.2) is 0 Å². The number of likely N-dealkylation sites (N-methyl/N-ethyl adjacent to an activating group) is 1. The maximum atomic E-state index is 12.9. The van der Waals surface area contributed by atoms with E-state index in [1.165, 1.54) is 18.2 Å². The second-order valence-corrected chi connectivity index (χ2v) is 4.41. The van der Waals surface area contributed by atoms with E-state index in [4.69, 9.17) is 11.6 Å². The highest BCUT2D eigenvalue weighted by Gasteiger charge is 2.18. The lowest BCUT2D eigenvalue weighted by atomic mass is 10.2. The van der Waals surface area contributed by atoms with Crippen LogP contribution >= 0.6 is 11.6 Å². The molecule has 1 amide bonds. The van der Waals surface area contributed by atoms with Gasteiger partial charge in [-0.25, -0.2) is 4.39 Å². The molecule has 0 spiro atoms. The van der Waals surface area contributed by atoms with Crippen LogP contribution in [0.2, 0.25) is 5.02 Å². The fourth-order valence-corrected chi connectivity index (χ4v) is 1.93. The Morgan fingerprint density at radius 2 is 2.06 bits per heavy atom. The molecule has 1 aromatic carbocycles. The molecular weight excluding hydrogens is 255 g/mol. The number of carbonyl (C=O) groups is 1. The summed E-state index contributed by atoms with van der Waals surface area (Å²) in [6, 6.07) is 3.67. The first-order valence-electron chi connectivity index (χ1n) is 6.00. The van der Waals surface area contributed by atoms with Gasteiger partial charge in [0.05, 0.1) is 10.7 Å². The van der Waals surface area contributed by atoms with Gasteiger partial charge in [-0.05, 0) is 39.0 Å². The number of hydrogen-bond acceptors (Lipinski definition) is 2. The van der Waals surface area contributed by atoms with Crippen molar-refractivity contribution in [2.75, 3.05) is 18.4 Å². The molecule has 0 saturated carbocycles. The fourth-order valence-electron chi connectivity index (χ4n) is 1.71. The number of carbonyl (C=O) groups excluding carboxylic acids is 1. The van der Waals surface area contributed by atoms with Gasteiger partial charge in [-0.3, -0.25) is 4.79 Å². The van der Waals surface area contributed by atoms with E-state index in [1.807, 2.05) is 13.8 Å². The summed E-state index contributed by atoms with van der Waals surface area (Å²) in [5.74, 6) is -0.395. The van der Waals surface area contributed by atoms with Gasteiger partial charge in [0.1, 0.15) is 11.9 Å². The van der Waals surface area contributed by atoms with Crippen molar-refractivity contribution in [1.82, 2.24) is 4.90 Å². The number of benzene rings is 1.